The summed E-state index contributed by atoms with van der Waals surface area (Å²) in [7, 11) is 0. The van der Waals surface area contributed by atoms with E-state index in [9.17, 15) is 0 Å². The summed E-state index contributed by atoms with van der Waals surface area (Å²) >= 11 is 2.08. The predicted molar refractivity (Wildman–Crippen MR) is 84.9 cm³/mol. The highest BCUT2D eigenvalue weighted by Gasteiger charge is 2.42. The molecular formula is C16H31NOS. The Labute approximate surface area is 123 Å². The van der Waals surface area contributed by atoms with Gasteiger partial charge in [0.1, 0.15) is 0 Å². The third-order valence-corrected chi connectivity index (χ3v) is 5.81. The van der Waals surface area contributed by atoms with Crippen LogP contribution in [0.15, 0.2) is 0 Å². The molecule has 2 heterocycles. The smallest absolute Gasteiger partial charge is 0.0783 e. The minimum absolute atomic E-state index is 0.233. The summed E-state index contributed by atoms with van der Waals surface area (Å²) in [5, 5.41) is 3.83. The van der Waals surface area contributed by atoms with E-state index in [1.165, 1.54) is 50.0 Å². The quantitative estimate of drug-likeness (QED) is 0.801. The van der Waals surface area contributed by atoms with Crippen molar-refractivity contribution in [2.75, 3.05) is 18.1 Å². The van der Waals surface area contributed by atoms with Crippen molar-refractivity contribution in [2.24, 2.45) is 5.92 Å². The van der Waals surface area contributed by atoms with E-state index < -0.39 is 0 Å². The van der Waals surface area contributed by atoms with E-state index in [1.807, 2.05) is 0 Å². The fraction of sp³-hybridized carbons (Fsp3) is 1.00. The normalized spacial score (nSPS) is 33.2. The molecule has 19 heavy (non-hydrogen) atoms. The van der Waals surface area contributed by atoms with Crippen molar-refractivity contribution in [3.8, 4) is 0 Å². The Morgan fingerprint density at radius 3 is 2.89 bits per heavy atom. The first kappa shape index (κ1) is 15.7. The van der Waals surface area contributed by atoms with Gasteiger partial charge in [0.2, 0.25) is 0 Å². The Morgan fingerprint density at radius 2 is 2.26 bits per heavy atom. The number of hydrogen-bond donors (Lipinski definition) is 1. The summed E-state index contributed by atoms with van der Waals surface area (Å²) in [5.74, 6) is 3.34. The molecule has 2 aliphatic rings. The number of hydrogen-bond acceptors (Lipinski definition) is 3. The molecule has 2 nitrogen and oxygen atoms in total. The molecule has 0 bridgehead atoms. The summed E-state index contributed by atoms with van der Waals surface area (Å²) in [6.07, 6.45) is 7.80. The molecule has 112 valence electrons. The minimum atomic E-state index is 0.233. The van der Waals surface area contributed by atoms with E-state index in [0.717, 1.165) is 12.5 Å². The van der Waals surface area contributed by atoms with Gasteiger partial charge in [-0.25, -0.2) is 0 Å². The lowest BCUT2D eigenvalue weighted by Crippen LogP contribution is -2.48. The van der Waals surface area contributed by atoms with Gasteiger partial charge in [-0.1, -0.05) is 33.6 Å². The molecule has 0 aromatic heterocycles. The molecule has 0 saturated carbocycles. The summed E-state index contributed by atoms with van der Waals surface area (Å²) in [5.41, 5.74) is 0.233. The van der Waals surface area contributed by atoms with Gasteiger partial charge >= 0.3 is 0 Å². The summed E-state index contributed by atoms with van der Waals surface area (Å²) < 4.78 is 6.17. The molecular weight excluding hydrogens is 254 g/mol. The van der Waals surface area contributed by atoms with Crippen LogP contribution in [-0.4, -0.2) is 35.8 Å². The Bertz CT molecular complexity index is 263. The summed E-state index contributed by atoms with van der Waals surface area (Å²) in [6, 6.07) is 1.30. The molecule has 0 radical (unpaired) electrons. The molecule has 3 heteroatoms. The lowest BCUT2D eigenvalue weighted by molar-refractivity contribution is -0.0859. The van der Waals surface area contributed by atoms with Crippen LogP contribution in [0.3, 0.4) is 0 Å². The lowest BCUT2D eigenvalue weighted by atomic mass is 9.79. The maximum atomic E-state index is 6.17. The molecule has 2 rings (SSSR count). The van der Waals surface area contributed by atoms with Crippen molar-refractivity contribution >= 4 is 11.8 Å². The van der Waals surface area contributed by atoms with Crippen LogP contribution in [0, 0.1) is 5.92 Å². The summed E-state index contributed by atoms with van der Waals surface area (Å²) in [6.45, 7) is 7.83. The maximum absolute atomic E-state index is 6.17. The zero-order valence-corrected chi connectivity index (χ0v) is 13.7. The fourth-order valence-electron chi connectivity index (χ4n) is 3.58. The first-order valence-corrected chi connectivity index (χ1v) is 9.28. The van der Waals surface area contributed by atoms with Gasteiger partial charge in [-0.05, 0) is 37.4 Å². The highest BCUT2D eigenvalue weighted by molar-refractivity contribution is 7.99. The molecule has 0 aromatic carbocycles. The minimum Gasteiger partial charge on any atom is -0.374 e. The topological polar surface area (TPSA) is 21.3 Å². The SMILES string of the molecule is CCCCC(NC(C)C)C1CCOC2(CCSC2)C1. The first-order valence-electron chi connectivity index (χ1n) is 8.13. The molecule has 0 amide bonds. The van der Waals surface area contributed by atoms with E-state index in [1.54, 1.807) is 0 Å². The summed E-state index contributed by atoms with van der Waals surface area (Å²) in [4.78, 5) is 0. The molecule has 3 unspecified atom stereocenters. The third-order valence-electron chi connectivity index (χ3n) is 4.58. The van der Waals surface area contributed by atoms with Crippen LogP contribution >= 0.6 is 11.8 Å². The molecule has 0 aliphatic carbocycles. The second-order valence-corrected chi connectivity index (χ2v) is 7.76. The Kier molecular flexibility index (Phi) is 6.04. The highest BCUT2D eigenvalue weighted by atomic mass is 32.2. The molecule has 1 N–H and O–H groups in total. The molecule has 1 spiro atoms. The largest absolute Gasteiger partial charge is 0.374 e. The van der Waals surface area contributed by atoms with E-state index in [4.69, 9.17) is 4.74 Å². The van der Waals surface area contributed by atoms with Crippen molar-refractivity contribution in [3.63, 3.8) is 0 Å². The standard InChI is InChI=1S/C16H31NOS/c1-4-5-6-15(17-13(2)3)14-7-9-18-16(11-14)8-10-19-12-16/h13-15,17H,4-12H2,1-3H3. The Hall–Kier alpha value is 0.270. The van der Waals surface area contributed by atoms with Gasteiger partial charge in [0.15, 0.2) is 0 Å². The van der Waals surface area contributed by atoms with E-state index in [-0.39, 0.29) is 5.60 Å². The van der Waals surface area contributed by atoms with Crippen LogP contribution < -0.4 is 5.32 Å². The first-order chi connectivity index (χ1) is 9.15. The molecule has 2 saturated heterocycles. The zero-order chi connectivity index (χ0) is 13.7. The molecule has 3 atom stereocenters. The number of ether oxygens (including phenoxy) is 1. The second kappa shape index (κ2) is 7.33. The number of nitrogens with one attached hydrogen (secondary N) is 1. The van der Waals surface area contributed by atoms with E-state index in [2.05, 4.69) is 37.8 Å². The van der Waals surface area contributed by atoms with Gasteiger partial charge in [0.25, 0.3) is 0 Å². The van der Waals surface area contributed by atoms with Crippen LogP contribution in [-0.2, 0) is 4.74 Å². The van der Waals surface area contributed by atoms with Gasteiger partial charge < -0.3 is 10.1 Å². The average molecular weight is 285 g/mol. The number of thioether (sulfide) groups is 1. The molecule has 2 fully saturated rings. The number of rotatable bonds is 6. The average Bonchev–Trinajstić information content (AvgIpc) is 2.82. The van der Waals surface area contributed by atoms with Crippen LogP contribution in [0.2, 0.25) is 0 Å². The van der Waals surface area contributed by atoms with Crippen LogP contribution in [0.4, 0.5) is 0 Å². The van der Waals surface area contributed by atoms with Crippen LogP contribution in [0.5, 0.6) is 0 Å². The second-order valence-electron chi connectivity index (χ2n) is 6.66. The molecule has 0 aromatic rings. The van der Waals surface area contributed by atoms with E-state index in [0.29, 0.717) is 12.1 Å². The lowest BCUT2D eigenvalue weighted by Gasteiger charge is -2.41. The van der Waals surface area contributed by atoms with Gasteiger partial charge in [-0.2, -0.15) is 11.8 Å². The highest BCUT2D eigenvalue weighted by Crippen LogP contribution is 2.41. The molecule has 2 aliphatic heterocycles. The van der Waals surface area contributed by atoms with Gasteiger partial charge in [0, 0.05) is 24.4 Å². The van der Waals surface area contributed by atoms with Crippen molar-refractivity contribution in [3.05, 3.63) is 0 Å². The zero-order valence-electron chi connectivity index (χ0n) is 12.9. The van der Waals surface area contributed by atoms with Gasteiger partial charge in [-0.15, -0.1) is 0 Å². The van der Waals surface area contributed by atoms with E-state index >= 15 is 0 Å². The van der Waals surface area contributed by atoms with Crippen molar-refractivity contribution in [1.29, 1.82) is 0 Å². The third kappa shape index (κ3) is 4.37. The van der Waals surface area contributed by atoms with Crippen molar-refractivity contribution < 1.29 is 4.74 Å². The van der Waals surface area contributed by atoms with Crippen LogP contribution in [0.1, 0.15) is 59.3 Å². The number of unbranched alkanes of at least 4 members (excludes halogenated alkanes) is 1. The maximum Gasteiger partial charge on any atom is 0.0783 e. The Balaban J connectivity index is 1.94. The van der Waals surface area contributed by atoms with Gasteiger partial charge in [-0.3, -0.25) is 0 Å². The van der Waals surface area contributed by atoms with Crippen molar-refractivity contribution in [1.82, 2.24) is 5.32 Å². The Morgan fingerprint density at radius 1 is 1.42 bits per heavy atom. The monoisotopic (exact) mass is 285 g/mol. The fourth-order valence-corrected chi connectivity index (χ4v) is 4.96. The van der Waals surface area contributed by atoms with Gasteiger partial charge in [0.05, 0.1) is 5.60 Å². The van der Waals surface area contributed by atoms with Crippen molar-refractivity contribution in [2.45, 2.75) is 77.0 Å². The van der Waals surface area contributed by atoms with Crippen LogP contribution in [0.25, 0.3) is 0 Å². The predicted octanol–water partition coefficient (Wildman–Crippen LogP) is 3.85.